The van der Waals surface area contributed by atoms with E-state index in [9.17, 15) is 4.79 Å². The average molecular weight is 231 g/mol. The molecule has 1 aliphatic carbocycles. The number of rotatable bonds is 2. The number of carbonyl (C=O) groups is 1. The molecule has 1 aliphatic rings. The summed E-state index contributed by atoms with van der Waals surface area (Å²) in [4.78, 5) is 11.2. The smallest absolute Gasteiger partial charge is 0.221 e. The Bertz CT molecular complexity index is 405. The monoisotopic (exact) mass is 231 g/mol. The van der Waals surface area contributed by atoms with Gasteiger partial charge >= 0.3 is 0 Å². The Balaban J connectivity index is 2.28. The molecule has 0 unspecified atom stereocenters. The zero-order valence-corrected chi connectivity index (χ0v) is 10.8. The van der Waals surface area contributed by atoms with Crippen molar-refractivity contribution in [2.24, 2.45) is 0 Å². The predicted molar refractivity (Wildman–Crippen MR) is 71.3 cm³/mol. The van der Waals surface area contributed by atoms with Crippen LogP contribution in [0.25, 0.3) is 0 Å². The van der Waals surface area contributed by atoms with Crippen molar-refractivity contribution in [1.29, 1.82) is 0 Å². The molecular formula is C15H21NO. The number of carbonyl (C=O) groups excluding carboxylic acids is 1. The van der Waals surface area contributed by atoms with Gasteiger partial charge in [-0.3, -0.25) is 4.79 Å². The molecule has 1 aromatic rings. The summed E-state index contributed by atoms with van der Waals surface area (Å²) in [6.07, 6.45) is 6.51. The van der Waals surface area contributed by atoms with Gasteiger partial charge in [-0.05, 0) is 37.3 Å². The predicted octanol–water partition coefficient (Wildman–Crippen LogP) is 4.00. The minimum absolute atomic E-state index is 0.0194. The van der Waals surface area contributed by atoms with Crippen molar-refractivity contribution >= 4 is 11.6 Å². The lowest BCUT2D eigenvalue weighted by Gasteiger charge is -2.24. The molecule has 2 heteroatoms. The van der Waals surface area contributed by atoms with Gasteiger partial charge in [0.15, 0.2) is 0 Å². The summed E-state index contributed by atoms with van der Waals surface area (Å²) in [6, 6.07) is 6.35. The molecule has 0 saturated heterocycles. The van der Waals surface area contributed by atoms with Crippen LogP contribution in [0.4, 0.5) is 5.69 Å². The SMILES string of the molecule is CC(=O)Nc1ccc(C)cc1C1CCCCC1. The number of nitrogens with one attached hydrogen (secondary N) is 1. The molecule has 0 aliphatic heterocycles. The summed E-state index contributed by atoms with van der Waals surface area (Å²) in [7, 11) is 0. The Morgan fingerprint density at radius 1 is 1.24 bits per heavy atom. The molecule has 0 bridgehead atoms. The largest absolute Gasteiger partial charge is 0.326 e. The van der Waals surface area contributed by atoms with Gasteiger partial charge in [-0.25, -0.2) is 0 Å². The quantitative estimate of drug-likeness (QED) is 0.819. The molecule has 0 heterocycles. The van der Waals surface area contributed by atoms with Crippen molar-refractivity contribution in [2.75, 3.05) is 5.32 Å². The highest BCUT2D eigenvalue weighted by atomic mass is 16.1. The van der Waals surface area contributed by atoms with Crippen LogP contribution in [0, 0.1) is 6.92 Å². The lowest BCUT2D eigenvalue weighted by molar-refractivity contribution is -0.114. The highest BCUT2D eigenvalue weighted by molar-refractivity contribution is 5.89. The zero-order valence-electron chi connectivity index (χ0n) is 10.8. The molecule has 92 valence electrons. The van der Waals surface area contributed by atoms with Crippen LogP contribution in [0.2, 0.25) is 0 Å². The Morgan fingerprint density at radius 3 is 2.59 bits per heavy atom. The van der Waals surface area contributed by atoms with Crippen molar-refractivity contribution in [3.8, 4) is 0 Å². The van der Waals surface area contributed by atoms with E-state index in [1.54, 1.807) is 6.92 Å². The maximum Gasteiger partial charge on any atom is 0.221 e. The van der Waals surface area contributed by atoms with Crippen molar-refractivity contribution in [3.05, 3.63) is 29.3 Å². The summed E-state index contributed by atoms with van der Waals surface area (Å²) in [5, 5.41) is 2.96. The van der Waals surface area contributed by atoms with Gasteiger partial charge in [0.2, 0.25) is 5.91 Å². The van der Waals surface area contributed by atoms with Crippen LogP contribution >= 0.6 is 0 Å². The minimum Gasteiger partial charge on any atom is -0.326 e. The van der Waals surface area contributed by atoms with Crippen LogP contribution in [0.1, 0.15) is 56.1 Å². The first kappa shape index (κ1) is 12.2. The molecule has 1 N–H and O–H groups in total. The van der Waals surface area contributed by atoms with E-state index in [1.807, 2.05) is 6.07 Å². The molecule has 0 aromatic heterocycles. The van der Waals surface area contributed by atoms with E-state index in [-0.39, 0.29) is 5.91 Å². The zero-order chi connectivity index (χ0) is 12.3. The molecular weight excluding hydrogens is 210 g/mol. The highest BCUT2D eigenvalue weighted by Gasteiger charge is 2.18. The topological polar surface area (TPSA) is 29.1 Å². The van der Waals surface area contributed by atoms with Gasteiger partial charge in [0.25, 0.3) is 0 Å². The first-order valence-electron chi connectivity index (χ1n) is 6.55. The summed E-state index contributed by atoms with van der Waals surface area (Å²) >= 11 is 0. The third-order valence-corrected chi connectivity index (χ3v) is 3.56. The van der Waals surface area contributed by atoms with Crippen molar-refractivity contribution < 1.29 is 4.79 Å². The number of hydrogen-bond donors (Lipinski definition) is 1. The molecule has 17 heavy (non-hydrogen) atoms. The molecule has 0 spiro atoms. The first-order valence-corrected chi connectivity index (χ1v) is 6.55. The summed E-state index contributed by atoms with van der Waals surface area (Å²) in [5.74, 6) is 0.649. The Kier molecular flexibility index (Phi) is 3.82. The summed E-state index contributed by atoms with van der Waals surface area (Å²) < 4.78 is 0. The minimum atomic E-state index is 0.0194. The van der Waals surface area contributed by atoms with Crippen LogP contribution in [0.3, 0.4) is 0 Å². The van der Waals surface area contributed by atoms with Gasteiger partial charge < -0.3 is 5.32 Å². The molecule has 2 nitrogen and oxygen atoms in total. The molecule has 1 amide bonds. The van der Waals surface area contributed by atoms with E-state index in [4.69, 9.17) is 0 Å². The van der Waals surface area contributed by atoms with E-state index < -0.39 is 0 Å². The average Bonchev–Trinajstić information content (AvgIpc) is 2.32. The van der Waals surface area contributed by atoms with Gasteiger partial charge in [-0.1, -0.05) is 37.0 Å². The lowest BCUT2D eigenvalue weighted by atomic mass is 9.83. The Labute approximate surface area is 103 Å². The summed E-state index contributed by atoms with van der Waals surface area (Å²) in [6.45, 7) is 3.69. The third-order valence-electron chi connectivity index (χ3n) is 3.56. The second-order valence-corrected chi connectivity index (χ2v) is 5.11. The number of anilines is 1. The lowest BCUT2D eigenvalue weighted by Crippen LogP contribution is -2.12. The van der Waals surface area contributed by atoms with Crippen molar-refractivity contribution in [2.45, 2.75) is 51.9 Å². The van der Waals surface area contributed by atoms with Crippen LogP contribution in [0.5, 0.6) is 0 Å². The van der Waals surface area contributed by atoms with E-state index in [2.05, 4.69) is 24.4 Å². The molecule has 1 aromatic carbocycles. The van der Waals surface area contributed by atoms with E-state index >= 15 is 0 Å². The third kappa shape index (κ3) is 3.09. The van der Waals surface area contributed by atoms with Gasteiger partial charge in [-0.2, -0.15) is 0 Å². The second-order valence-electron chi connectivity index (χ2n) is 5.11. The standard InChI is InChI=1S/C15H21NO/c1-11-8-9-15(16-12(2)17)14(10-11)13-6-4-3-5-7-13/h8-10,13H,3-7H2,1-2H3,(H,16,17). The molecule has 1 saturated carbocycles. The van der Waals surface area contributed by atoms with Gasteiger partial charge in [0.05, 0.1) is 0 Å². The second kappa shape index (κ2) is 5.35. The molecule has 0 atom stereocenters. The normalized spacial score (nSPS) is 16.8. The maximum absolute atomic E-state index is 11.2. The van der Waals surface area contributed by atoms with Gasteiger partial charge in [0.1, 0.15) is 0 Å². The number of benzene rings is 1. The molecule has 2 rings (SSSR count). The fourth-order valence-corrected chi connectivity index (χ4v) is 2.74. The van der Waals surface area contributed by atoms with E-state index in [1.165, 1.54) is 43.2 Å². The summed E-state index contributed by atoms with van der Waals surface area (Å²) in [5.41, 5.74) is 3.62. The first-order chi connectivity index (χ1) is 8.16. The van der Waals surface area contributed by atoms with Gasteiger partial charge in [-0.15, -0.1) is 0 Å². The van der Waals surface area contributed by atoms with Crippen molar-refractivity contribution in [1.82, 2.24) is 0 Å². The van der Waals surface area contributed by atoms with E-state index in [0.29, 0.717) is 5.92 Å². The fraction of sp³-hybridized carbons (Fsp3) is 0.533. The maximum atomic E-state index is 11.2. The fourth-order valence-electron chi connectivity index (χ4n) is 2.74. The molecule has 1 fully saturated rings. The Hall–Kier alpha value is -1.31. The number of hydrogen-bond acceptors (Lipinski definition) is 1. The number of amides is 1. The van der Waals surface area contributed by atoms with Gasteiger partial charge in [0, 0.05) is 12.6 Å². The number of aryl methyl sites for hydroxylation is 1. The van der Waals surface area contributed by atoms with Crippen LogP contribution in [-0.4, -0.2) is 5.91 Å². The Morgan fingerprint density at radius 2 is 1.94 bits per heavy atom. The van der Waals surface area contributed by atoms with Crippen LogP contribution in [0.15, 0.2) is 18.2 Å². The van der Waals surface area contributed by atoms with Crippen LogP contribution < -0.4 is 5.32 Å². The van der Waals surface area contributed by atoms with Crippen LogP contribution in [-0.2, 0) is 4.79 Å². The van der Waals surface area contributed by atoms with Crippen molar-refractivity contribution in [3.63, 3.8) is 0 Å². The highest BCUT2D eigenvalue weighted by Crippen LogP contribution is 2.36. The molecule has 0 radical (unpaired) electrons. The van der Waals surface area contributed by atoms with E-state index in [0.717, 1.165) is 5.69 Å².